The lowest BCUT2D eigenvalue weighted by atomic mass is 10.0. The molecular weight excluding hydrogens is 952 g/mol. The molecule has 13 heteroatoms. The number of unbranched alkanes of at least 4 members (excludes halogenated alkanes) is 2. The Hall–Kier alpha value is -7.51. The molecule has 0 unspecified atom stereocenters. The first-order chi connectivity index (χ1) is 36.1. The fourth-order valence-corrected chi connectivity index (χ4v) is 8.79. The van der Waals surface area contributed by atoms with Crippen LogP contribution in [0.25, 0.3) is 21.8 Å². The van der Waals surface area contributed by atoms with Crippen molar-refractivity contribution in [3.63, 3.8) is 0 Å². The van der Waals surface area contributed by atoms with E-state index >= 15 is 0 Å². The molecule has 6 aromatic carbocycles. The molecule has 0 bridgehead atoms. The van der Waals surface area contributed by atoms with Gasteiger partial charge in [0.15, 0.2) is 34.6 Å². The van der Waals surface area contributed by atoms with Gasteiger partial charge in [-0.15, -0.1) is 11.6 Å². The van der Waals surface area contributed by atoms with E-state index in [9.17, 15) is 9.59 Å². The van der Waals surface area contributed by atoms with Gasteiger partial charge in [-0.1, -0.05) is 83.9 Å². The molecule has 12 nitrogen and oxygen atoms in total. The zero-order valence-corrected chi connectivity index (χ0v) is 43.5. The van der Waals surface area contributed by atoms with Gasteiger partial charge in [-0.2, -0.15) is 0 Å². The second-order valence-electron chi connectivity index (χ2n) is 18.2. The molecule has 0 radical (unpaired) electrons. The summed E-state index contributed by atoms with van der Waals surface area (Å²) in [5, 5.41) is 1.53. The van der Waals surface area contributed by atoms with Gasteiger partial charge in [0.05, 0.1) is 49.6 Å². The van der Waals surface area contributed by atoms with Gasteiger partial charge in [0.25, 0.3) is 0 Å². The number of methoxy groups -OCH3 is 2. The van der Waals surface area contributed by atoms with Crippen LogP contribution in [0.5, 0.6) is 46.0 Å². The zero-order valence-electron chi connectivity index (χ0n) is 42.8. The summed E-state index contributed by atoms with van der Waals surface area (Å²) >= 11 is 5.75. The summed E-state index contributed by atoms with van der Waals surface area (Å²) in [5.41, 5.74) is 5.63. The van der Waals surface area contributed by atoms with Gasteiger partial charge in [-0.25, -0.2) is 0 Å². The Labute approximate surface area is 438 Å². The van der Waals surface area contributed by atoms with Crippen molar-refractivity contribution in [3.8, 4) is 46.0 Å². The average Bonchev–Trinajstić information content (AvgIpc) is 3.43. The van der Waals surface area contributed by atoms with Gasteiger partial charge in [-0.05, 0) is 102 Å². The maximum Gasteiger partial charge on any atom is 0.196 e. The second-order valence-corrected chi connectivity index (χ2v) is 18.6. The maximum atomic E-state index is 13.3. The molecule has 3 heterocycles. The second kappa shape index (κ2) is 25.9. The molecule has 0 amide bonds. The summed E-state index contributed by atoms with van der Waals surface area (Å²) in [5.74, 6) is 5.04. The number of ketones is 2. The first-order valence-electron chi connectivity index (χ1n) is 25.0. The number of carbonyl (C=O) groups excluding carboxylic acids is 2. The van der Waals surface area contributed by atoms with E-state index in [2.05, 4.69) is 26.8 Å². The third-order valence-corrected chi connectivity index (χ3v) is 13.0. The van der Waals surface area contributed by atoms with Gasteiger partial charge in [0.2, 0.25) is 0 Å². The Morgan fingerprint density at radius 1 is 0.514 bits per heavy atom. The highest BCUT2D eigenvalue weighted by atomic mass is 35.5. The van der Waals surface area contributed by atoms with Crippen LogP contribution >= 0.6 is 11.6 Å². The van der Waals surface area contributed by atoms with E-state index in [1.165, 1.54) is 0 Å². The van der Waals surface area contributed by atoms with Gasteiger partial charge in [0.1, 0.15) is 23.0 Å². The highest BCUT2D eigenvalue weighted by molar-refractivity contribution is 6.17. The number of carbonyl (C=O) groups is 2. The smallest absolute Gasteiger partial charge is 0.196 e. The minimum Gasteiger partial charge on any atom is -0.493 e. The number of hydrogen-bond donors (Lipinski definition) is 0. The number of halogens is 1. The molecule has 0 N–H and O–H groups in total. The minimum absolute atomic E-state index is 0.0847. The summed E-state index contributed by atoms with van der Waals surface area (Å²) < 4.78 is 36.0. The van der Waals surface area contributed by atoms with Crippen LogP contribution in [0, 0.1) is 13.8 Å². The van der Waals surface area contributed by atoms with E-state index in [4.69, 9.17) is 40.0 Å². The molecule has 382 valence electrons. The summed E-state index contributed by atoms with van der Waals surface area (Å²) in [6.45, 7) is 10.7. The normalized spacial score (nSPS) is 12.7. The topological polar surface area (TPSA) is 122 Å². The van der Waals surface area contributed by atoms with Crippen LogP contribution < -0.4 is 28.4 Å². The number of benzene rings is 6. The molecule has 74 heavy (non-hydrogen) atoms. The maximum absolute atomic E-state index is 13.3. The van der Waals surface area contributed by atoms with Crippen molar-refractivity contribution in [2.75, 3.05) is 73.1 Å². The lowest BCUT2D eigenvalue weighted by molar-refractivity contribution is 0.102. The summed E-state index contributed by atoms with van der Waals surface area (Å²) in [4.78, 5) is 40.5. The van der Waals surface area contributed by atoms with Crippen molar-refractivity contribution >= 4 is 45.0 Å². The predicted molar refractivity (Wildman–Crippen MR) is 293 cm³/mol. The highest BCUT2D eigenvalue weighted by Gasteiger charge is 2.21. The third kappa shape index (κ3) is 13.6. The van der Waals surface area contributed by atoms with Crippen molar-refractivity contribution in [3.05, 3.63) is 179 Å². The molecule has 1 aliphatic rings. The van der Waals surface area contributed by atoms with Crippen molar-refractivity contribution in [1.82, 2.24) is 19.8 Å². The van der Waals surface area contributed by atoms with Crippen molar-refractivity contribution < 1.29 is 38.0 Å². The number of nitrogens with zero attached hydrogens (tertiary/aromatic N) is 4. The number of piperazine rings is 1. The molecule has 8 aromatic rings. The first-order valence-corrected chi connectivity index (χ1v) is 25.6. The van der Waals surface area contributed by atoms with Crippen molar-refractivity contribution in [2.24, 2.45) is 0 Å². The quantitative estimate of drug-likeness (QED) is 0.0387. The zero-order chi connectivity index (χ0) is 51.8. The van der Waals surface area contributed by atoms with E-state index in [-0.39, 0.29) is 11.6 Å². The van der Waals surface area contributed by atoms with Crippen molar-refractivity contribution in [2.45, 2.75) is 39.5 Å². The van der Waals surface area contributed by atoms with E-state index in [1.54, 1.807) is 50.9 Å². The molecule has 2 aromatic heterocycles. The SMILES string of the molecule is COc1cc2c(Oc3ccc(C)cc3C(=O)c3ccccc3)ccnc2cc1OCCCCCl.COc1cc2c(Oc3ccc(C)cc3C(=O)c3ccccc3)ccnc2cc1OCCCCN1CCN(C)CC1. The molecule has 9 rings (SSSR count). The Morgan fingerprint density at radius 2 is 0.973 bits per heavy atom. The number of aromatic nitrogens is 2. The fourth-order valence-electron chi connectivity index (χ4n) is 8.60. The fraction of sp³-hybridized carbons (Fsp3) is 0.279. The molecule has 1 aliphatic heterocycles. The van der Waals surface area contributed by atoms with Gasteiger partial charge in [0, 0.05) is 78.5 Å². The van der Waals surface area contributed by atoms with Crippen LogP contribution in [0.2, 0.25) is 0 Å². The molecule has 0 aliphatic carbocycles. The van der Waals surface area contributed by atoms with Crippen LogP contribution in [0.4, 0.5) is 0 Å². The number of hydrogen-bond acceptors (Lipinski definition) is 12. The molecule has 0 spiro atoms. The van der Waals surface area contributed by atoms with E-state index < -0.39 is 0 Å². The number of likely N-dealkylation sites (N-methyl/N-ethyl adjacent to an activating group) is 1. The Bertz CT molecular complexity index is 3170. The highest BCUT2D eigenvalue weighted by Crippen LogP contribution is 2.40. The van der Waals surface area contributed by atoms with Gasteiger partial charge in [-0.3, -0.25) is 19.6 Å². The average molecular weight is 1020 g/mol. The van der Waals surface area contributed by atoms with Crippen LogP contribution in [-0.4, -0.2) is 104 Å². The van der Waals surface area contributed by atoms with Crippen molar-refractivity contribution in [1.29, 1.82) is 0 Å². The lowest BCUT2D eigenvalue weighted by Crippen LogP contribution is -2.44. The largest absolute Gasteiger partial charge is 0.493 e. The molecular formula is C61H63ClN4O8. The standard InChI is InChI=1S/C33H37N3O4.C28H26ClNO4/c1-24-11-12-29(27(21-24)33(37)25-9-5-4-6-10-25)40-30-13-14-34-28-23-32(31(38-3)22-26(28)30)39-20-8-7-15-36-18-16-35(2)17-19-36;1-19-10-11-24(22(16-19)28(31)20-8-4-3-5-9-20)34-25-12-14-30-23-18-27(33-15-7-6-13-29)26(32-2)17-21(23)25/h4-6,9-14,21-23H,7-8,15-20H2,1-3H3;3-5,8-12,14,16-18H,6-7,13,15H2,1-2H3. The van der Waals surface area contributed by atoms with E-state index in [0.717, 1.165) is 85.8 Å². The molecule has 1 fully saturated rings. The Kier molecular flexibility index (Phi) is 18.5. The first kappa shape index (κ1) is 52.8. The Balaban J connectivity index is 0.000000200. The number of alkyl halides is 1. The van der Waals surface area contributed by atoms with Crippen LogP contribution in [0.1, 0.15) is 68.7 Å². The third-order valence-electron chi connectivity index (χ3n) is 12.8. The van der Waals surface area contributed by atoms with Gasteiger partial charge < -0.3 is 38.2 Å². The van der Waals surface area contributed by atoms with Gasteiger partial charge >= 0.3 is 0 Å². The number of aryl methyl sites for hydroxylation is 2. The van der Waals surface area contributed by atoms with Crippen LogP contribution in [0.15, 0.2) is 146 Å². The summed E-state index contributed by atoms with van der Waals surface area (Å²) in [6, 6.07) is 40.7. The lowest BCUT2D eigenvalue weighted by Gasteiger charge is -2.32. The predicted octanol–water partition coefficient (Wildman–Crippen LogP) is 13.0. The summed E-state index contributed by atoms with van der Waals surface area (Å²) in [7, 11) is 5.41. The number of ether oxygens (including phenoxy) is 6. The summed E-state index contributed by atoms with van der Waals surface area (Å²) in [6.07, 6.45) is 7.18. The Morgan fingerprint density at radius 3 is 1.42 bits per heavy atom. The van der Waals surface area contributed by atoms with Crippen LogP contribution in [0.3, 0.4) is 0 Å². The number of pyridine rings is 2. The van der Waals surface area contributed by atoms with E-state index in [1.807, 2.05) is 123 Å². The van der Waals surface area contributed by atoms with E-state index in [0.29, 0.717) is 92.9 Å². The van der Waals surface area contributed by atoms with Crippen LogP contribution in [-0.2, 0) is 0 Å². The number of rotatable bonds is 21. The molecule has 0 saturated carbocycles. The molecule has 1 saturated heterocycles. The monoisotopic (exact) mass is 1010 g/mol. The minimum atomic E-state index is -0.0946. The molecule has 0 atom stereocenters. The number of fused-ring (bicyclic) bond motifs is 2.